The van der Waals surface area contributed by atoms with E-state index >= 15 is 0 Å². The maximum Gasteiger partial charge on any atom is 0.427 e. The van der Waals surface area contributed by atoms with Crippen molar-refractivity contribution >= 4 is 17.7 Å². The summed E-state index contributed by atoms with van der Waals surface area (Å²) in [5.74, 6) is -0.156. The Kier molecular flexibility index (Phi) is 2.84. The number of nitrogens with zero attached hydrogens (tertiary/aromatic N) is 2. The number of methoxy groups -OCH3 is 1. The average Bonchev–Trinajstić information content (AvgIpc) is 2.44. The molecule has 0 spiro atoms. The Bertz CT molecular complexity index is 262. The second kappa shape index (κ2) is 3.88. The zero-order chi connectivity index (χ0) is 9.84. The van der Waals surface area contributed by atoms with Crippen LogP contribution in [0.5, 0.6) is 0 Å². The molecule has 0 aliphatic carbocycles. The highest BCUT2D eigenvalue weighted by Crippen LogP contribution is 2.03. The van der Waals surface area contributed by atoms with Gasteiger partial charge in [-0.1, -0.05) is 0 Å². The Morgan fingerprint density at radius 1 is 1.69 bits per heavy atom. The number of nitrogens with one attached hydrogen (secondary N) is 1. The lowest BCUT2D eigenvalue weighted by molar-refractivity contribution is -0.121. The number of likely N-dealkylation sites (tertiary alicyclic amines) is 1. The fourth-order valence-electron chi connectivity index (χ4n) is 0.965. The molecular formula is C7H11N3O3. The minimum atomic E-state index is -0.671. The summed E-state index contributed by atoms with van der Waals surface area (Å²) in [7, 11) is 2.92. The SMILES string of the molecule is COC(=O)N/N=C1/CCN(C)C1=O. The molecule has 72 valence electrons. The average molecular weight is 185 g/mol. The van der Waals surface area contributed by atoms with Crippen molar-refractivity contribution < 1.29 is 14.3 Å². The number of amides is 2. The van der Waals surface area contributed by atoms with Crippen LogP contribution in [0.4, 0.5) is 4.79 Å². The molecule has 0 bridgehead atoms. The van der Waals surface area contributed by atoms with Crippen LogP contribution in [-0.4, -0.2) is 43.3 Å². The topological polar surface area (TPSA) is 71.0 Å². The molecule has 0 aromatic rings. The Morgan fingerprint density at radius 3 is 2.85 bits per heavy atom. The smallest absolute Gasteiger partial charge is 0.427 e. The van der Waals surface area contributed by atoms with E-state index < -0.39 is 6.09 Å². The Hall–Kier alpha value is -1.59. The number of hydrogen-bond acceptors (Lipinski definition) is 4. The zero-order valence-corrected chi connectivity index (χ0v) is 7.53. The third-order valence-corrected chi connectivity index (χ3v) is 1.75. The third kappa shape index (κ3) is 2.17. The van der Waals surface area contributed by atoms with Gasteiger partial charge in [0.2, 0.25) is 0 Å². The van der Waals surface area contributed by atoms with Gasteiger partial charge in [0.25, 0.3) is 5.91 Å². The van der Waals surface area contributed by atoms with Gasteiger partial charge in [-0.2, -0.15) is 5.10 Å². The van der Waals surface area contributed by atoms with Gasteiger partial charge >= 0.3 is 6.09 Å². The molecule has 2 amide bonds. The van der Waals surface area contributed by atoms with Gasteiger partial charge in [-0.15, -0.1) is 0 Å². The van der Waals surface area contributed by atoms with Crippen molar-refractivity contribution in [2.24, 2.45) is 5.10 Å². The van der Waals surface area contributed by atoms with Crippen LogP contribution in [0.15, 0.2) is 5.10 Å². The molecule has 0 saturated carbocycles. The number of carbonyl (C=O) groups is 2. The zero-order valence-electron chi connectivity index (χ0n) is 7.53. The van der Waals surface area contributed by atoms with Gasteiger partial charge in [-0.25, -0.2) is 10.2 Å². The van der Waals surface area contributed by atoms with Gasteiger partial charge in [0.05, 0.1) is 7.11 Å². The Morgan fingerprint density at radius 2 is 2.38 bits per heavy atom. The van der Waals surface area contributed by atoms with Crippen LogP contribution in [0, 0.1) is 0 Å². The molecule has 0 unspecified atom stereocenters. The quantitative estimate of drug-likeness (QED) is 0.563. The third-order valence-electron chi connectivity index (χ3n) is 1.75. The molecule has 1 saturated heterocycles. The van der Waals surface area contributed by atoms with Crippen LogP contribution in [0.3, 0.4) is 0 Å². The summed E-state index contributed by atoms with van der Waals surface area (Å²) in [6.07, 6.45) is -0.117. The summed E-state index contributed by atoms with van der Waals surface area (Å²) in [6.45, 7) is 0.639. The van der Waals surface area contributed by atoms with E-state index in [-0.39, 0.29) is 5.91 Å². The molecule has 1 rings (SSSR count). The van der Waals surface area contributed by atoms with Gasteiger partial charge in [0.15, 0.2) is 0 Å². The van der Waals surface area contributed by atoms with E-state index in [4.69, 9.17) is 0 Å². The molecule has 1 N–H and O–H groups in total. The largest absolute Gasteiger partial charge is 0.452 e. The van der Waals surface area contributed by atoms with E-state index in [1.807, 2.05) is 0 Å². The molecule has 6 heteroatoms. The van der Waals surface area contributed by atoms with E-state index in [9.17, 15) is 9.59 Å². The molecule has 6 nitrogen and oxygen atoms in total. The molecule has 1 heterocycles. The first-order valence-corrected chi connectivity index (χ1v) is 3.81. The Balaban J connectivity index is 2.53. The maximum absolute atomic E-state index is 11.2. The fourth-order valence-corrected chi connectivity index (χ4v) is 0.965. The van der Waals surface area contributed by atoms with Crippen LogP contribution < -0.4 is 5.43 Å². The van der Waals surface area contributed by atoms with E-state index in [1.165, 1.54) is 12.0 Å². The normalized spacial score (nSPS) is 19.4. The van der Waals surface area contributed by atoms with Crippen molar-refractivity contribution in [1.82, 2.24) is 10.3 Å². The Labute approximate surface area is 75.5 Å². The van der Waals surface area contributed by atoms with Crippen LogP contribution in [-0.2, 0) is 9.53 Å². The predicted octanol–water partition coefficient (Wildman–Crippen LogP) is -0.440. The van der Waals surface area contributed by atoms with Crippen molar-refractivity contribution in [3.8, 4) is 0 Å². The lowest BCUT2D eigenvalue weighted by Crippen LogP contribution is -2.25. The van der Waals surface area contributed by atoms with Crippen LogP contribution in [0.2, 0.25) is 0 Å². The monoisotopic (exact) mass is 185 g/mol. The number of ether oxygens (including phenoxy) is 1. The maximum atomic E-state index is 11.2. The molecule has 1 fully saturated rings. The summed E-state index contributed by atoms with van der Waals surface area (Å²) in [5, 5.41) is 3.63. The van der Waals surface area contributed by atoms with Crippen LogP contribution in [0.25, 0.3) is 0 Å². The first-order chi connectivity index (χ1) is 6.15. The van der Waals surface area contributed by atoms with E-state index in [0.717, 1.165) is 0 Å². The van der Waals surface area contributed by atoms with Gasteiger partial charge in [-0.3, -0.25) is 4.79 Å². The molecule has 13 heavy (non-hydrogen) atoms. The number of hydrazone groups is 1. The van der Waals surface area contributed by atoms with E-state index in [1.54, 1.807) is 7.05 Å². The van der Waals surface area contributed by atoms with Gasteiger partial charge in [-0.05, 0) is 0 Å². The predicted molar refractivity (Wildman–Crippen MR) is 45.2 cm³/mol. The van der Waals surface area contributed by atoms with Crippen LogP contribution in [0.1, 0.15) is 6.42 Å². The van der Waals surface area contributed by atoms with Crippen molar-refractivity contribution in [1.29, 1.82) is 0 Å². The van der Waals surface area contributed by atoms with Crippen molar-refractivity contribution in [2.45, 2.75) is 6.42 Å². The lowest BCUT2D eigenvalue weighted by atomic mass is 10.3. The summed E-state index contributed by atoms with van der Waals surface area (Å²) >= 11 is 0. The van der Waals surface area contributed by atoms with Crippen molar-refractivity contribution in [3.63, 3.8) is 0 Å². The number of carbonyl (C=O) groups excluding carboxylic acids is 2. The number of rotatable bonds is 1. The minimum absolute atomic E-state index is 0.156. The van der Waals surface area contributed by atoms with Crippen molar-refractivity contribution in [3.05, 3.63) is 0 Å². The van der Waals surface area contributed by atoms with E-state index in [2.05, 4.69) is 15.3 Å². The van der Waals surface area contributed by atoms with Gasteiger partial charge in [0, 0.05) is 20.0 Å². The van der Waals surface area contributed by atoms with E-state index in [0.29, 0.717) is 18.7 Å². The first kappa shape index (κ1) is 9.50. The second-order valence-corrected chi connectivity index (χ2v) is 2.64. The molecule has 1 aliphatic rings. The lowest BCUT2D eigenvalue weighted by Gasteiger charge is -2.03. The first-order valence-electron chi connectivity index (χ1n) is 3.81. The molecule has 0 aromatic carbocycles. The summed E-state index contributed by atoms with van der Waals surface area (Å²) in [5.41, 5.74) is 2.46. The highest BCUT2D eigenvalue weighted by Gasteiger charge is 2.24. The molecule has 0 atom stereocenters. The minimum Gasteiger partial charge on any atom is -0.452 e. The van der Waals surface area contributed by atoms with Gasteiger partial charge in [0.1, 0.15) is 5.71 Å². The standard InChI is InChI=1S/C7H11N3O3/c1-10-4-3-5(6(10)11)8-9-7(12)13-2/h3-4H2,1-2H3,(H,9,12)/b8-5-. The summed E-state index contributed by atoms with van der Waals surface area (Å²) in [4.78, 5) is 23.3. The van der Waals surface area contributed by atoms with Gasteiger partial charge < -0.3 is 9.64 Å². The highest BCUT2D eigenvalue weighted by molar-refractivity contribution is 6.40. The molecule has 0 aromatic heterocycles. The molecular weight excluding hydrogens is 174 g/mol. The number of hydrogen-bond donors (Lipinski definition) is 1. The van der Waals surface area contributed by atoms with Crippen molar-refractivity contribution in [2.75, 3.05) is 20.7 Å². The fraction of sp³-hybridized carbons (Fsp3) is 0.571. The molecule has 0 radical (unpaired) electrons. The summed E-state index contributed by atoms with van der Waals surface area (Å²) in [6, 6.07) is 0. The summed E-state index contributed by atoms with van der Waals surface area (Å²) < 4.78 is 4.29. The molecule has 1 aliphatic heterocycles. The highest BCUT2D eigenvalue weighted by atomic mass is 16.5. The van der Waals surface area contributed by atoms with Crippen LogP contribution >= 0.6 is 0 Å². The second-order valence-electron chi connectivity index (χ2n) is 2.64.